The molecule has 2 amide bonds. The molecular weight excluding hydrogens is 370 g/mol. The Morgan fingerprint density at radius 2 is 2.00 bits per heavy atom. The summed E-state index contributed by atoms with van der Waals surface area (Å²) in [5.74, 6) is 0.295. The third-order valence-electron chi connectivity index (χ3n) is 5.47. The molecule has 1 saturated heterocycles. The van der Waals surface area contributed by atoms with E-state index in [1.807, 2.05) is 48.6 Å². The highest BCUT2D eigenvalue weighted by atomic mass is 16.6. The fraction of sp³-hybridized carbons (Fsp3) is 0.762. The lowest BCUT2D eigenvalue weighted by molar-refractivity contribution is -0.121. The molecule has 2 rings (SSSR count). The molecule has 29 heavy (non-hydrogen) atoms. The number of hydrogen-bond acceptors (Lipinski definition) is 5. The highest BCUT2D eigenvalue weighted by Gasteiger charge is 2.30. The molecule has 8 nitrogen and oxygen atoms in total. The van der Waals surface area contributed by atoms with Crippen LogP contribution in [-0.2, 0) is 16.6 Å². The normalized spacial score (nSPS) is 19.0. The van der Waals surface area contributed by atoms with Crippen LogP contribution in [0.25, 0.3) is 0 Å². The van der Waals surface area contributed by atoms with E-state index in [2.05, 4.69) is 15.3 Å². The van der Waals surface area contributed by atoms with Crippen LogP contribution < -0.4 is 5.32 Å². The van der Waals surface area contributed by atoms with E-state index in [4.69, 9.17) is 4.74 Å². The van der Waals surface area contributed by atoms with Crippen LogP contribution in [0.4, 0.5) is 10.5 Å². The van der Waals surface area contributed by atoms with Crippen molar-refractivity contribution in [2.24, 2.45) is 13.0 Å². The summed E-state index contributed by atoms with van der Waals surface area (Å²) in [5, 5.41) is 7.41. The summed E-state index contributed by atoms with van der Waals surface area (Å²) in [6.07, 6.45) is 1.75. The Labute approximate surface area is 174 Å². The summed E-state index contributed by atoms with van der Waals surface area (Å²) in [4.78, 5) is 28.9. The molecule has 1 aliphatic rings. The number of carbonyl (C=O) groups is 2. The predicted octanol–water partition coefficient (Wildman–Crippen LogP) is 2.94. The van der Waals surface area contributed by atoms with Crippen LogP contribution in [0.2, 0.25) is 0 Å². The zero-order valence-electron chi connectivity index (χ0n) is 19.2. The number of amides is 2. The second-order valence-electron chi connectivity index (χ2n) is 9.20. The molecule has 0 saturated carbocycles. The predicted molar refractivity (Wildman–Crippen MR) is 114 cm³/mol. The van der Waals surface area contributed by atoms with Gasteiger partial charge in [-0.1, -0.05) is 0 Å². The summed E-state index contributed by atoms with van der Waals surface area (Å²) >= 11 is 0. The van der Waals surface area contributed by atoms with Gasteiger partial charge in [0.2, 0.25) is 5.91 Å². The van der Waals surface area contributed by atoms with E-state index in [-0.39, 0.29) is 18.0 Å². The van der Waals surface area contributed by atoms with Crippen molar-refractivity contribution in [2.75, 3.05) is 32.0 Å². The first-order valence-corrected chi connectivity index (χ1v) is 10.4. The highest BCUT2D eigenvalue weighted by Crippen LogP contribution is 2.23. The van der Waals surface area contributed by atoms with Gasteiger partial charge in [-0.2, -0.15) is 5.10 Å². The molecule has 1 N–H and O–H groups in total. The molecule has 1 aromatic heterocycles. The summed E-state index contributed by atoms with van der Waals surface area (Å²) in [6.45, 7) is 13.7. The number of piperidine rings is 1. The van der Waals surface area contributed by atoms with Crippen LogP contribution in [0, 0.1) is 19.8 Å². The number of likely N-dealkylation sites (tertiary alicyclic amines) is 1. The Hall–Kier alpha value is -2.09. The first kappa shape index (κ1) is 23.2. The highest BCUT2D eigenvalue weighted by molar-refractivity contribution is 5.95. The lowest BCUT2D eigenvalue weighted by Crippen LogP contribution is -2.49. The van der Waals surface area contributed by atoms with Crippen LogP contribution in [0.3, 0.4) is 0 Å². The maximum atomic E-state index is 12.8. The average Bonchev–Trinajstić information content (AvgIpc) is 2.86. The van der Waals surface area contributed by atoms with Crippen LogP contribution in [0.1, 0.15) is 51.9 Å². The molecule has 0 radical (unpaired) electrons. The quantitative estimate of drug-likeness (QED) is 0.812. The Bertz CT molecular complexity index is 737. The molecule has 0 bridgehead atoms. The van der Waals surface area contributed by atoms with Gasteiger partial charge in [0, 0.05) is 27.2 Å². The Morgan fingerprint density at radius 3 is 2.55 bits per heavy atom. The minimum Gasteiger partial charge on any atom is -0.444 e. The van der Waals surface area contributed by atoms with Crippen LogP contribution >= 0.6 is 0 Å². The van der Waals surface area contributed by atoms with Gasteiger partial charge in [-0.3, -0.25) is 14.4 Å². The van der Waals surface area contributed by atoms with Crippen LogP contribution in [0.5, 0.6) is 0 Å². The number of ether oxygens (including phenoxy) is 1. The van der Waals surface area contributed by atoms with Gasteiger partial charge in [0.05, 0.1) is 23.1 Å². The molecule has 2 atom stereocenters. The Morgan fingerprint density at radius 1 is 1.34 bits per heavy atom. The van der Waals surface area contributed by atoms with Gasteiger partial charge < -0.3 is 15.0 Å². The van der Waals surface area contributed by atoms with Gasteiger partial charge in [-0.05, 0) is 66.8 Å². The number of anilines is 1. The van der Waals surface area contributed by atoms with E-state index in [1.165, 1.54) is 0 Å². The number of rotatable bonds is 5. The second kappa shape index (κ2) is 9.15. The van der Waals surface area contributed by atoms with Crippen molar-refractivity contribution in [1.29, 1.82) is 0 Å². The first-order valence-electron chi connectivity index (χ1n) is 10.4. The lowest BCUT2D eigenvalue weighted by Gasteiger charge is -2.37. The van der Waals surface area contributed by atoms with E-state index < -0.39 is 5.60 Å². The second-order valence-corrected chi connectivity index (χ2v) is 9.20. The third-order valence-corrected chi connectivity index (χ3v) is 5.47. The SMILES string of the molecule is Cc1nn(C)c(C)c1NC(=O)C(C)N1CCCC(CN(C)C(=O)OC(C)(C)C)C1. The summed E-state index contributed by atoms with van der Waals surface area (Å²) < 4.78 is 7.22. The number of hydrogen-bond donors (Lipinski definition) is 1. The van der Waals surface area contributed by atoms with Crippen molar-refractivity contribution in [1.82, 2.24) is 19.6 Å². The van der Waals surface area contributed by atoms with E-state index in [0.29, 0.717) is 12.5 Å². The van der Waals surface area contributed by atoms with Gasteiger partial charge in [-0.15, -0.1) is 0 Å². The zero-order chi connectivity index (χ0) is 21.9. The van der Waals surface area contributed by atoms with Gasteiger partial charge in [-0.25, -0.2) is 4.79 Å². The molecular formula is C21H37N5O3. The molecule has 8 heteroatoms. The molecule has 1 fully saturated rings. The van der Waals surface area contributed by atoms with E-state index in [0.717, 1.165) is 43.0 Å². The Kier molecular flexibility index (Phi) is 7.32. The van der Waals surface area contributed by atoms with Crippen molar-refractivity contribution in [3.63, 3.8) is 0 Å². The monoisotopic (exact) mass is 407 g/mol. The minimum absolute atomic E-state index is 0.0228. The molecule has 0 aliphatic carbocycles. The van der Waals surface area contributed by atoms with E-state index >= 15 is 0 Å². The van der Waals surface area contributed by atoms with Crippen LogP contribution in [0.15, 0.2) is 0 Å². The van der Waals surface area contributed by atoms with Crippen molar-refractivity contribution < 1.29 is 14.3 Å². The number of aryl methyl sites for hydroxylation is 2. The maximum absolute atomic E-state index is 12.8. The topological polar surface area (TPSA) is 79.7 Å². The summed E-state index contributed by atoms with van der Waals surface area (Å²) in [5.41, 5.74) is 2.06. The fourth-order valence-corrected chi connectivity index (χ4v) is 3.75. The van der Waals surface area contributed by atoms with Crippen molar-refractivity contribution in [2.45, 2.75) is 66.0 Å². The molecule has 164 valence electrons. The third kappa shape index (κ3) is 6.19. The Balaban J connectivity index is 1.93. The number of carbonyl (C=O) groups excluding carboxylic acids is 2. The van der Waals surface area contributed by atoms with Crippen molar-refractivity contribution in [3.8, 4) is 0 Å². The molecule has 2 unspecified atom stereocenters. The van der Waals surface area contributed by atoms with Crippen molar-refractivity contribution in [3.05, 3.63) is 11.4 Å². The molecule has 0 spiro atoms. The van der Waals surface area contributed by atoms with Gasteiger partial charge in [0.15, 0.2) is 0 Å². The molecule has 1 aromatic rings. The zero-order valence-corrected chi connectivity index (χ0v) is 19.2. The minimum atomic E-state index is -0.501. The van der Waals surface area contributed by atoms with Crippen LogP contribution in [-0.4, -0.2) is 69.9 Å². The van der Waals surface area contributed by atoms with Crippen molar-refractivity contribution >= 4 is 17.7 Å². The molecule has 2 heterocycles. The lowest BCUT2D eigenvalue weighted by atomic mass is 9.96. The summed E-state index contributed by atoms with van der Waals surface area (Å²) in [6, 6.07) is -0.247. The average molecular weight is 408 g/mol. The number of nitrogens with one attached hydrogen (secondary N) is 1. The fourth-order valence-electron chi connectivity index (χ4n) is 3.75. The smallest absolute Gasteiger partial charge is 0.410 e. The van der Waals surface area contributed by atoms with Gasteiger partial charge in [0.25, 0.3) is 0 Å². The van der Waals surface area contributed by atoms with E-state index in [1.54, 1.807) is 16.6 Å². The van der Waals surface area contributed by atoms with Gasteiger partial charge >= 0.3 is 6.09 Å². The van der Waals surface area contributed by atoms with E-state index in [9.17, 15) is 9.59 Å². The molecule has 1 aliphatic heterocycles. The van der Waals surface area contributed by atoms with Gasteiger partial charge in [0.1, 0.15) is 5.60 Å². The first-order chi connectivity index (χ1) is 13.4. The summed E-state index contributed by atoms with van der Waals surface area (Å²) in [7, 11) is 3.65. The number of nitrogens with zero attached hydrogens (tertiary/aromatic N) is 4. The largest absolute Gasteiger partial charge is 0.444 e. The standard InChI is InChI=1S/C21H37N5O3/c1-14-18(15(2)25(8)23-14)22-19(27)16(3)26-11-9-10-17(13-26)12-24(7)20(28)29-21(4,5)6/h16-17H,9-13H2,1-8H3,(H,22,27). The molecule has 0 aromatic carbocycles. The maximum Gasteiger partial charge on any atom is 0.410 e. The number of aromatic nitrogens is 2.